The zero-order valence-corrected chi connectivity index (χ0v) is 16.6. The van der Waals surface area contributed by atoms with Crippen LogP contribution in [0, 0.1) is 6.92 Å². The summed E-state index contributed by atoms with van der Waals surface area (Å²) in [6.45, 7) is 2.71. The van der Waals surface area contributed by atoms with Crippen LogP contribution in [0.25, 0.3) is 0 Å². The van der Waals surface area contributed by atoms with Gasteiger partial charge in [-0.05, 0) is 55.0 Å². The zero-order chi connectivity index (χ0) is 20.2. The molecule has 0 heterocycles. The molecular formula is C18H19ClN2O5S. The summed E-state index contributed by atoms with van der Waals surface area (Å²) in [7, 11) is -2.88. The van der Waals surface area contributed by atoms with E-state index in [9.17, 15) is 18.0 Å². The maximum absolute atomic E-state index is 12.6. The van der Waals surface area contributed by atoms with Crippen molar-refractivity contribution in [2.24, 2.45) is 0 Å². The van der Waals surface area contributed by atoms with E-state index < -0.39 is 22.5 Å². The molecular weight excluding hydrogens is 392 g/mol. The van der Waals surface area contributed by atoms with Crippen LogP contribution in [-0.2, 0) is 19.6 Å². The Hall–Kier alpha value is -2.58. The first-order chi connectivity index (χ1) is 12.6. The van der Waals surface area contributed by atoms with Gasteiger partial charge in [0, 0.05) is 24.7 Å². The van der Waals surface area contributed by atoms with Crippen molar-refractivity contribution in [1.82, 2.24) is 4.31 Å². The second-order valence-electron chi connectivity index (χ2n) is 5.82. The number of likely N-dealkylation sites (N-methyl/N-ethyl adjacent to an activating group) is 1. The third kappa shape index (κ3) is 5.45. The van der Waals surface area contributed by atoms with Gasteiger partial charge in [0.15, 0.2) is 6.61 Å². The topological polar surface area (TPSA) is 92.8 Å². The molecule has 2 aromatic carbocycles. The van der Waals surface area contributed by atoms with Crippen LogP contribution in [0.5, 0.6) is 5.75 Å². The van der Waals surface area contributed by atoms with Gasteiger partial charge >= 0.3 is 0 Å². The van der Waals surface area contributed by atoms with E-state index in [0.717, 1.165) is 12.6 Å². The fourth-order valence-corrected chi connectivity index (χ4v) is 3.62. The number of hydrogen-bond acceptors (Lipinski definition) is 5. The summed E-state index contributed by atoms with van der Waals surface area (Å²) in [5.74, 6) is -0.635. The van der Waals surface area contributed by atoms with Gasteiger partial charge in [0.1, 0.15) is 5.75 Å². The normalized spacial score (nSPS) is 11.0. The van der Waals surface area contributed by atoms with Gasteiger partial charge in [-0.25, -0.2) is 12.7 Å². The van der Waals surface area contributed by atoms with Crippen LogP contribution in [0.2, 0.25) is 5.02 Å². The number of anilines is 1. The molecule has 0 aliphatic rings. The first kappa shape index (κ1) is 20.7. The van der Waals surface area contributed by atoms with Gasteiger partial charge in [-0.15, -0.1) is 0 Å². The lowest BCUT2D eigenvalue weighted by atomic mass is 10.2. The van der Waals surface area contributed by atoms with Crippen molar-refractivity contribution >= 4 is 39.1 Å². The van der Waals surface area contributed by atoms with Crippen molar-refractivity contribution in [1.29, 1.82) is 0 Å². The van der Waals surface area contributed by atoms with E-state index in [1.807, 2.05) is 6.92 Å². The van der Waals surface area contributed by atoms with Crippen molar-refractivity contribution in [3.8, 4) is 5.75 Å². The lowest BCUT2D eigenvalue weighted by molar-refractivity contribution is -0.127. The van der Waals surface area contributed by atoms with Gasteiger partial charge in [-0.1, -0.05) is 11.6 Å². The molecule has 2 amide bonds. The molecule has 0 saturated heterocycles. The first-order valence-corrected chi connectivity index (χ1v) is 9.71. The maximum atomic E-state index is 12.6. The minimum atomic E-state index is -4.04. The van der Waals surface area contributed by atoms with E-state index in [4.69, 9.17) is 16.3 Å². The van der Waals surface area contributed by atoms with E-state index in [1.165, 1.54) is 37.3 Å². The first-order valence-electron chi connectivity index (χ1n) is 7.89. The van der Waals surface area contributed by atoms with Crippen LogP contribution in [0.1, 0.15) is 12.5 Å². The molecule has 2 rings (SSSR count). The Morgan fingerprint density at radius 2 is 1.78 bits per heavy atom. The van der Waals surface area contributed by atoms with E-state index in [0.29, 0.717) is 20.8 Å². The number of ether oxygens (including phenoxy) is 1. The van der Waals surface area contributed by atoms with Crippen LogP contribution in [-0.4, -0.2) is 38.2 Å². The lowest BCUT2D eigenvalue weighted by Crippen LogP contribution is -2.36. The number of carbonyl (C=O) groups is 2. The SMILES string of the molecule is CC(=O)Nc1ccc(S(=O)(=O)N(C)C(=O)COc2cc(C)cc(Cl)c2)cc1. The average molecular weight is 411 g/mol. The standard InChI is InChI=1S/C18H19ClN2O5S/c1-12-8-14(19)10-16(9-12)26-11-18(23)21(3)27(24,25)17-6-4-15(5-7-17)20-13(2)22/h4-10H,11H2,1-3H3,(H,20,22). The highest BCUT2D eigenvalue weighted by Gasteiger charge is 2.25. The predicted octanol–water partition coefficient (Wildman–Crippen LogP) is 2.83. The fraction of sp³-hybridized carbons (Fsp3) is 0.222. The number of amides is 2. The van der Waals surface area contributed by atoms with E-state index in [-0.39, 0.29) is 10.8 Å². The fourth-order valence-electron chi connectivity index (χ4n) is 2.23. The van der Waals surface area contributed by atoms with Crippen molar-refractivity contribution in [2.75, 3.05) is 19.0 Å². The molecule has 0 aromatic heterocycles. The number of rotatable bonds is 6. The highest BCUT2D eigenvalue weighted by molar-refractivity contribution is 7.89. The summed E-state index contributed by atoms with van der Waals surface area (Å²) < 4.78 is 31.1. The smallest absolute Gasteiger partial charge is 0.273 e. The average Bonchev–Trinajstić information content (AvgIpc) is 2.58. The maximum Gasteiger partial charge on any atom is 0.273 e. The third-order valence-electron chi connectivity index (χ3n) is 3.56. The van der Waals surface area contributed by atoms with Gasteiger partial charge in [0.2, 0.25) is 5.91 Å². The summed E-state index contributed by atoms with van der Waals surface area (Å²) in [4.78, 5) is 23.2. The van der Waals surface area contributed by atoms with Gasteiger partial charge in [0.05, 0.1) is 4.90 Å². The summed E-state index contributed by atoms with van der Waals surface area (Å²) in [5.41, 5.74) is 1.31. The lowest BCUT2D eigenvalue weighted by Gasteiger charge is -2.18. The number of hydrogen-bond donors (Lipinski definition) is 1. The third-order valence-corrected chi connectivity index (χ3v) is 5.57. The minimum absolute atomic E-state index is 0.0777. The molecule has 0 spiro atoms. The summed E-state index contributed by atoms with van der Waals surface area (Å²) in [6.07, 6.45) is 0. The second kappa shape index (κ2) is 8.41. The molecule has 0 aliphatic carbocycles. The molecule has 0 fully saturated rings. The molecule has 2 aromatic rings. The van der Waals surface area contributed by atoms with Gasteiger partial charge < -0.3 is 10.1 Å². The number of nitrogens with one attached hydrogen (secondary N) is 1. The summed E-state index contributed by atoms with van der Waals surface area (Å²) in [6, 6.07) is 10.5. The summed E-state index contributed by atoms with van der Waals surface area (Å²) in [5, 5.41) is 2.99. The molecule has 9 heteroatoms. The van der Waals surface area contributed by atoms with Crippen molar-refractivity contribution in [3.63, 3.8) is 0 Å². The number of sulfonamides is 1. The zero-order valence-electron chi connectivity index (χ0n) is 15.0. The number of nitrogens with zero attached hydrogens (tertiary/aromatic N) is 1. The minimum Gasteiger partial charge on any atom is -0.484 e. The Morgan fingerprint density at radius 1 is 1.15 bits per heavy atom. The van der Waals surface area contributed by atoms with Crippen LogP contribution in [0.4, 0.5) is 5.69 Å². The van der Waals surface area contributed by atoms with Crippen LogP contribution >= 0.6 is 11.6 Å². The molecule has 1 N–H and O–H groups in total. The van der Waals surface area contributed by atoms with Crippen LogP contribution in [0.15, 0.2) is 47.4 Å². The Balaban J connectivity index is 2.08. The number of benzene rings is 2. The largest absolute Gasteiger partial charge is 0.484 e. The molecule has 7 nitrogen and oxygen atoms in total. The molecule has 0 saturated carbocycles. The van der Waals surface area contributed by atoms with E-state index in [1.54, 1.807) is 12.1 Å². The molecule has 0 bridgehead atoms. The van der Waals surface area contributed by atoms with E-state index in [2.05, 4.69) is 5.32 Å². The molecule has 0 atom stereocenters. The Labute approximate surface area is 162 Å². The van der Waals surface area contributed by atoms with Crippen molar-refractivity contribution in [3.05, 3.63) is 53.1 Å². The van der Waals surface area contributed by atoms with Crippen molar-refractivity contribution in [2.45, 2.75) is 18.7 Å². The monoisotopic (exact) mass is 410 g/mol. The quantitative estimate of drug-likeness (QED) is 0.790. The van der Waals surface area contributed by atoms with Crippen LogP contribution < -0.4 is 10.1 Å². The second-order valence-corrected chi connectivity index (χ2v) is 8.23. The molecule has 27 heavy (non-hydrogen) atoms. The molecule has 0 radical (unpaired) electrons. The molecule has 0 unspecified atom stereocenters. The molecule has 0 aliphatic heterocycles. The predicted molar refractivity (Wildman–Crippen MR) is 102 cm³/mol. The Kier molecular flexibility index (Phi) is 6.45. The Morgan fingerprint density at radius 3 is 2.33 bits per heavy atom. The van der Waals surface area contributed by atoms with Gasteiger partial charge in [-0.3, -0.25) is 9.59 Å². The van der Waals surface area contributed by atoms with E-state index >= 15 is 0 Å². The highest BCUT2D eigenvalue weighted by atomic mass is 35.5. The number of halogens is 1. The van der Waals surface area contributed by atoms with Gasteiger partial charge in [-0.2, -0.15) is 0 Å². The van der Waals surface area contributed by atoms with Crippen molar-refractivity contribution < 1.29 is 22.7 Å². The number of aryl methyl sites for hydroxylation is 1. The molecule has 144 valence electrons. The Bertz CT molecular complexity index is 938. The number of carbonyl (C=O) groups excluding carboxylic acids is 2. The summed E-state index contributed by atoms with van der Waals surface area (Å²) >= 11 is 5.93. The van der Waals surface area contributed by atoms with Gasteiger partial charge in [0.25, 0.3) is 15.9 Å². The highest BCUT2D eigenvalue weighted by Crippen LogP contribution is 2.21. The van der Waals surface area contributed by atoms with Crippen LogP contribution in [0.3, 0.4) is 0 Å².